The summed E-state index contributed by atoms with van der Waals surface area (Å²) in [4.78, 5) is 84.7. The highest BCUT2D eigenvalue weighted by atomic mass is 32.1. The Morgan fingerprint density at radius 2 is 0.778 bits per heavy atom. The predicted molar refractivity (Wildman–Crippen MR) is 271 cm³/mol. The lowest BCUT2D eigenvalue weighted by molar-refractivity contribution is 0.0975. The van der Waals surface area contributed by atoms with Gasteiger partial charge in [-0.3, -0.25) is 19.2 Å². The Morgan fingerprint density at radius 1 is 0.458 bits per heavy atom. The second-order valence-electron chi connectivity index (χ2n) is 16.5. The van der Waals surface area contributed by atoms with Crippen LogP contribution < -0.4 is 0 Å². The first-order chi connectivity index (χ1) is 35.0. The highest BCUT2D eigenvalue weighted by molar-refractivity contribution is 7.40. The van der Waals surface area contributed by atoms with E-state index in [1.807, 2.05) is 84.9 Å². The number of hydrogen-bond acceptors (Lipinski definition) is 16. The molecule has 6 aromatic heterocycles. The standard InChI is InChI=1S/C54H22N6O8S4/c55-19-27-11-33-34(12-28(27)20-56)44(62)37(43(33)61)15-31-17-39-47(69-31)49-41(59(39)53(65)67-23-25-7-3-1-4-8-25)51-52(71-49)42-50(72-51)48-40(60(42)54(66)68-24-26-9-5-2-6-10-26)18-32(70-48)16-38-45(63)35-13-29(21-57)30(22-58)14-36(35)46(38)64/h1-18H,23-24H2. The highest BCUT2D eigenvalue weighted by Gasteiger charge is 2.37. The fourth-order valence-corrected chi connectivity index (χ4v) is 14.3. The first-order valence-corrected chi connectivity index (χ1v) is 24.7. The molecule has 0 fully saturated rings. The molecule has 0 bridgehead atoms. The van der Waals surface area contributed by atoms with E-state index < -0.39 is 35.3 Å². The number of nitrogens with zero attached hydrogens (tertiary/aromatic N) is 6. The number of fused-ring (bicyclic) bond motifs is 11. The van der Waals surface area contributed by atoms with Crippen molar-refractivity contribution in [2.45, 2.75) is 13.2 Å². The van der Waals surface area contributed by atoms with Crippen molar-refractivity contribution in [3.05, 3.63) is 174 Å². The number of nitriles is 4. The minimum absolute atomic E-state index is 0.0204. The van der Waals surface area contributed by atoms with E-state index >= 15 is 0 Å². The fraction of sp³-hybridized carbons (Fsp3) is 0.0370. The molecule has 340 valence electrons. The number of rotatable bonds is 6. The Labute approximate surface area is 420 Å². The van der Waals surface area contributed by atoms with Gasteiger partial charge in [-0.15, -0.1) is 45.3 Å². The molecule has 72 heavy (non-hydrogen) atoms. The van der Waals surface area contributed by atoms with Gasteiger partial charge in [0.25, 0.3) is 0 Å². The van der Waals surface area contributed by atoms with Gasteiger partial charge >= 0.3 is 12.2 Å². The van der Waals surface area contributed by atoms with Crippen molar-refractivity contribution in [3.8, 4) is 24.3 Å². The largest absolute Gasteiger partial charge is 0.444 e. The van der Waals surface area contributed by atoms with E-state index in [1.54, 1.807) is 12.1 Å². The van der Waals surface area contributed by atoms with Crippen LogP contribution in [0.15, 0.2) is 108 Å². The molecule has 0 aliphatic heterocycles. The van der Waals surface area contributed by atoms with Crippen LogP contribution in [0, 0.1) is 45.3 Å². The minimum Gasteiger partial charge on any atom is -0.444 e. The summed E-state index contributed by atoms with van der Waals surface area (Å²) >= 11 is 5.15. The highest BCUT2D eigenvalue weighted by Crippen LogP contribution is 2.53. The van der Waals surface area contributed by atoms with Gasteiger partial charge in [0.15, 0.2) is 23.1 Å². The lowest BCUT2D eigenvalue weighted by Gasteiger charge is -2.07. The van der Waals surface area contributed by atoms with E-state index in [1.165, 1.54) is 90.9 Å². The van der Waals surface area contributed by atoms with E-state index in [-0.39, 0.29) is 68.9 Å². The Bertz CT molecular complexity index is 4060. The molecular weight excluding hydrogens is 989 g/mol. The van der Waals surface area contributed by atoms with Crippen LogP contribution in [0.3, 0.4) is 0 Å². The summed E-state index contributed by atoms with van der Waals surface area (Å²) in [6.45, 7) is -0.112. The zero-order chi connectivity index (χ0) is 49.7. The zero-order valence-electron chi connectivity index (χ0n) is 36.4. The minimum atomic E-state index is -0.710. The fourth-order valence-electron chi connectivity index (χ4n) is 9.07. The van der Waals surface area contributed by atoms with Crippen molar-refractivity contribution in [2.75, 3.05) is 0 Å². The molecule has 6 heterocycles. The van der Waals surface area contributed by atoms with Crippen LogP contribution in [0.4, 0.5) is 9.59 Å². The van der Waals surface area contributed by atoms with E-state index in [4.69, 9.17) is 9.47 Å². The predicted octanol–water partition coefficient (Wildman–Crippen LogP) is 12.1. The van der Waals surface area contributed by atoms with Crippen LogP contribution in [0.5, 0.6) is 0 Å². The molecular formula is C54H22N6O8S4. The second kappa shape index (κ2) is 16.6. The molecule has 2 aliphatic carbocycles. The third kappa shape index (κ3) is 6.60. The maximum absolute atomic E-state index is 14.5. The SMILES string of the molecule is N#Cc1cc2c(cc1C#N)C(=O)C(=Cc1cc3c(s1)c1sc4c(sc5c6sc(C=C7C(=O)c8cc(C#N)c(C#N)cc8C7=O)cc6n(C(=O)OCc6ccccc6)c54)c1n3C(=O)OCc1ccccc1)C2=O. The van der Waals surface area contributed by atoms with Gasteiger partial charge in [-0.2, -0.15) is 21.0 Å². The van der Waals surface area contributed by atoms with Crippen molar-refractivity contribution in [1.82, 2.24) is 9.13 Å². The van der Waals surface area contributed by atoms with Gasteiger partial charge in [0, 0.05) is 32.0 Å². The van der Waals surface area contributed by atoms with Crippen molar-refractivity contribution in [1.29, 1.82) is 21.0 Å². The maximum atomic E-state index is 14.5. The third-order valence-electron chi connectivity index (χ3n) is 12.4. The molecule has 10 aromatic rings. The molecule has 0 radical (unpaired) electrons. The van der Waals surface area contributed by atoms with E-state index in [2.05, 4.69) is 0 Å². The number of Topliss-reactive ketones (excluding diaryl/α,β-unsaturated/α-hetero) is 4. The van der Waals surface area contributed by atoms with Crippen molar-refractivity contribution in [2.24, 2.45) is 0 Å². The van der Waals surface area contributed by atoms with Gasteiger partial charge < -0.3 is 9.47 Å². The molecule has 0 saturated carbocycles. The molecule has 2 aliphatic rings. The monoisotopic (exact) mass is 1010 g/mol. The van der Waals surface area contributed by atoms with Crippen molar-refractivity contribution in [3.63, 3.8) is 0 Å². The summed E-state index contributed by atoms with van der Waals surface area (Å²) in [6.07, 6.45) is 1.47. The summed E-state index contributed by atoms with van der Waals surface area (Å²) in [5.74, 6) is -2.40. The Morgan fingerprint density at radius 3 is 1.10 bits per heavy atom. The molecule has 18 heteroatoms. The average molecular weight is 1010 g/mol. The van der Waals surface area contributed by atoms with Gasteiger partial charge in [0.2, 0.25) is 0 Å². The van der Waals surface area contributed by atoms with Crippen LogP contribution >= 0.6 is 45.3 Å². The number of aromatic nitrogens is 2. The number of carbonyl (C=O) groups is 6. The average Bonchev–Trinajstić information content (AvgIpc) is 4.29. The molecule has 0 amide bonds. The summed E-state index contributed by atoms with van der Waals surface area (Å²) in [7, 11) is 0. The number of carbonyl (C=O) groups excluding carboxylic acids is 6. The molecule has 0 saturated heterocycles. The number of benzene rings is 4. The Balaban J connectivity index is 1.03. The quantitative estimate of drug-likeness (QED) is 0.112. The molecule has 0 N–H and O–H groups in total. The first-order valence-electron chi connectivity index (χ1n) is 21.5. The van der Waals surface area contributed by atoms with E-state index in [9.17, 15) is 49.8 Å². The van der Waals surface area contributed by atoms with Gasteiger partial charge in [0.05, 0.1) is 83.7 Å². The molecule has 12 rings (SSSR count). The van der Waals surface area contributed by atoms with E-state index in [0.29, 0.717) is 60.0 Å². The Kier molecular flexibility index (Phi) is 10.1. The van der Waals surface area contributed by atoms with Crippen LogP contribution in [-0.2, 0) is 22.7 Å². The van der Waals surface area contributed by atoms with E-state index in [0.717, 1.165) is 11.1 Å². The molecule has 4 aromatic carbocycles. The van der Waals surface area contributed by atoms with Crippen molar-refractivity contribution >= 4 is 143 Å². The normalized spacial score (nSPS) is 12.9. The lowest BCUT2D eigenvalue weighted by atomic mass is 10.0. The molecule has 14 nitrogen and oxygen atoms in total. The maximum Gasteiger partial charge on any atom is 0.419 e. The summed E-state index contributed by atoms with van der Waals surface area (Å²) in [6, 6.07) is 34.3. The van der Waals surface area contributed by atoms with Crippen LogP contribution in [0.25, 0.3) is 62.4 Å². The smallest absolute Gasteiger partial charge is 0.419 e. The summed E-state index contributed by atoms with van der Waals surface area (Å²) < 4.78 is 18.7. The second-order valence-corrected chi connectivity index (χ2v) is 20.7. The van der Waals surface area contributed by atoms with Crippen LogP contribution in [-0.4, -0.2) is 44.5 Å². The topological polar surface area (TPSA) is 226 Å². The van der Waals surface area contributed by atoms with Gasteiger partial charge in [-0.1, -0.05) is 60.7 Å². The first kappa shape index (κ1) is 43.9. The van der Waals surface area contributed by atoms with Gasteiger partial charge in [-0.25, -0.2) is 18.7 Å². The Hall–Kier alpha value is -9.40. The zero-order valence-corrected chi connectivity index (χ0v) is 39.7. The summed E-state index contributed by atoms with van der Waals surface area (Å²) in [5.41, 5.74) is 3.04. The number of ketones is 4. The third-order valence-corrected chi connectivity index (χ3v) is 17.4. The lowest BCUT2D eigenvalue weighted by Crippen LogP contribution is -2.13. The number of hydrogen-bond donors (Lipinski definition) is 0. The number of allylic oxidation sites excluding steroid dienone is 2. The van der Waals surface area contributed by atoms with Crippen LogP contribution in [0.2, 0.25) is 0 Å². The van der Waals surface area contributed by atoms with Gasteiger partial charge in [0.1, 0.15) is 37.5 Å². The molecule has 0 spiro atoms. The molecule has 0 unspecified atom stereocenters. The van der Waals surface area contributed by atoms with Crippen LogP contribution in [0.1, 0.15) is 84.6 Å². The molecule has 0 atom stereocenters. The summed E-state index contributed by atoms with van der Waals surface area (Å²) in [5, 5.41) is 38.4. The van der Waals surface area contributed by atoms with Crippen molar-refractivity contribution < 1.29 is 38.2 Å². The van der Waals surface area contributed by atoms with Gasteiger partial charge in [-0.05, 0) is 59.7 Å². The number of thiophene rings is 4. The number of ether oxygens (including phenoxy) is 2.